The number of rotatable bonds is 1. The van der Waals surface area contributed by atoms with Crippen LogP contribution in [0, 0.1) is 17.8 Å². The highest BCUT2D eigenvalue weighted by Gasteiger charge is 2.57. The third-order valence-electron chi connectivity index (χ3n) is 8.03. The second-order valence-electron chi connectivity index (χ2n) is 9.80. The fourth-order valence-corrected chi connectivity index (χ4v) is 6.49. The quantitative estimate of drug-likeness (QED) is 0.364. The Hall–Kier alpha value is -4.33. The van der Waals surface area contributed by atoms with Gasteiger partial charge in [0, 0.05) is 28.0 Å². The molecule has 1 aliphatic heterocycles. The van der Waals surface area contributed by atoms with Crippen LogP contribution in [0.15, 0.2) is 70.8 Å². The van der Waals surface area contributed by atoms with Crippen LogP contribution in [0.5, 0.6) is 5.75 Å². The van der Waals surface area contributed by atoms with Gasteiger partial charge in [-0.15, -0.1) is 0 Å². The molecule has 1 saturated heterocycles. The number of hydrogen-bond donors (Lipinski definition) is 2. The van der Waals surface area contributed by atoms with Crippen molar-refractivity contribution in [2.24, 2.45) is 23.5 Å². The first-order chi connectivity index (χ1) is 17.2. The van der Waals surface area contributed by atoms with Crippen LogP contribution in [-0.2, 0) is 19.2 Å². The summed E-state index contributed by atoms with van der Waals surface area (Å²) >= 11 is 0. The van der Waals surface area contributed by atoms with Gasteiger partial charge in [0.1, 0.15) is 5.75 Å². The first-order valence-corrected chi connectivity index (χ1v) is 11.8. The summed E-state index contributed by atoms with van der Waals surface area (Å²) in [6, 6.07) is 9.44. The number of hydrogen-bond acceptors (Lipinski definition) is 6. The Labute approximate surface area is 205 Å². The van der Waals surface area contributed by atoms with Crippen LogP contribution in [0.2, 0.25) is 0 Å². The van der Waals surface area contributed by atoms with Crippen molar-refractivity contribution in [1.29, 1.82) is 0 Å². The van der Waals surface area contributed by atoms with Crippen LogP contribution < -0.4 is 5.73 Å². The molecule has 3 N–H and O–H groups in total. The second kappa shape index (κ2) is 7.58. The summed E-state index contributed by atoms with van der Waals surface area (Å²) in [6.45, 7) is 1.61. The van der Waals surface area contributed by atoms with Gasteiger partial charge in [0.15, 0.2) is 11.6 Å². The lowest BCUT2D eigenvalue weighted by atomic mass is 9.59. The number of allylic oxidation sites excluding steroid dienone is 6. The maximum absolute atomic E-state index is 13.5. The van der Waals surface area contributed by atoms with Crippen molar-refractivity contribution in [3.8, 4) is 5.75 Å². The SMILES string of the molecule is CC1=CC(=O)C2=C(C1=O)C(c1ccc(O)c3ccccc13)C1=CCC3C(=O)N(C(N)=O)C(=O)C3C1C2. The molecule has 6 rings (SSSR count). The van der Waals surface area contributed by atoms with Gasteiger partial charge in [-0.2, -0.15) is 4.90 Å². The Bertz CT molecular complexity index is 1540. The Morgan fingerprint density at radius 1 is 1.00 bits per heavy atom. The number of nitrogens with two attached hydrogens (primary N) is 1. The van der Waals surface area contributed by atoms with Gasteiger partial charge in [-0.25, -0.2) is 4.79 Å². The molecule has 3 aliphatic carbocycles. The van der Waals surface area contributed by atoms with E-state index in [4.69, 9.17) is 5.73 Å². The molecule has 4 aliphatic rings. The van der Waals surface area contributed by atoms with Crippen LogP contribution in [-0.4, -0.2) is 39.4 Å². The highest BCUT2D eigenvalue weighted by atomic mass is 16.3. The van der Waals surface area contributed by atoms with Gasteiger partial charge in [0.2, 0.25) is 11.8 Å². The number of Topliss-reactive ketones (excluding diaryl/α,β-unsaturated/α-hetero) is 1. The van der Waals surface area contributed by atoms with Crippen molar-refractivity contribution in [2.45, 2.75) is 25.7 Å². The van der Waals surface area contributed by atoms with E-state index in [0.29, 0.717) is 27.0 Å². The van der Waals surface area contributed by atoms with Crippen molar-refractivity contribution >= 4 is 40.2 Å². The molecule has 0 radical (unpaired) electrons. The van der Waals surface area contributed by atoms with Crippen molar-refractivity contribution in [1.82, 2.24) is 4.90 Å². The fraction of sp³-hybridized carbons (Fsp3) is 0.250. The van der Waals surface area contributed by atoms with Gasteiger partial charge < -0.3 is 10.8 Å². The standard InChI is InChI=1S/C28H22N2O6/c1-12-10-21(32)19-11-18-16(6-7-17-23(18)27(35)30(26(17)34)28(29)36)22(24(19)25(12)33)15-8-9-20(31)14-5-3-2-4-13(14)15/h2-6,8-10,17-18,22-23,31H,7,11H2,1H3,(H2,29,36). The van der Waals surface area contributed by atoms with Crippen molar-refractivity contribution in [2.75, 3.05) is 0 Å². The average molecular weight is 482 g/mol. The molecule has 0 spiro atoms. The molecular weight excluding hydrogens is 460 g/mol. The molecule has 180 valence electrons. The summed E-state index contributed by atoms with van der Waals surface area (Å²) in [5, 5.41) is 11.8. The number of fused-ring (bicyclic) bond motifs is 4. The van der Waals surface area contributed by atoms with Gasteiger partial charge in [-0.3, -0.25) is 19.2 Å². The van der Waals surface area contributed by atoms with E-state index in [9.17, 15) is 29.1 Å². The molecule has 0 bridgehead atoms. The molecule has 8 nitrogen and oxygen atoms in total. The zero-order valence-electron chi connectivity index (χ0n) is 19.4. The smallest absolute Gasteiger partial charge is 0.328 e. The number of phenols is 1. The van der Waals surface area contributed by atoms with Crippen LogP contribution in [0.25, 0.3) is 10.8 Å². The highest BCUT2D eigenvalue weighted by molar-refractivity contribution is 6.24. The predicted molar refractivity (Wildman–Crippen MR) is 128 cm³/mol. The van der Waals surface area contributed by atoms with E-state index in [0.717, 1.165) is 16.5 Å². The molecule has 1 fully saturated rings. The molecule has 36 heavy (non-hydrogen) atoms. The lowest BCUT2D eigenvalue weighted by Gasteiger charge is -2.42. The van der Waals surface area contributed by atoms with Crippen molar-refractivity contribution < 1.29 is 29.1 Å². The highest BCUT2D eigenvalue weighted by Crippen LogP contribution is 2.56. The first-order valence-electron chi connectivity index (χ1n) is 11.8. The lowest BCUT2D eigenvalue weighted by molar-refractivity contribution is -0.136. The largest absolute Gasteiger partial charge is 0.507 e. The first kappa shape index (κ1) is 22.2. The van der Waals surface area contributed by atoms with Crippen molar-refractivity contribution in [3.05, 3.63) is 76.4 Å². The van der Waals surface area contributed by atoms with Gasteiger partial charge in [-0.1, -0.05) is 42.0 Å². The van der Waals surface area contributed by atoms with E-state index in [-0.39, 0.29) is 30.2 Å². The molecule has 4 amide bonds. The minimum absolute atomic E-state index is 0.0874. The maximum atomic E-state index is 13.5. The number of carbonyl (C=O) groups is 5. The number of urea groups is 1. The minimum atomic E-state index is -1.11. The topological polar surface area (TPSA) is 135 Å². The summed E-state index contributed by atoms with van der Waals surface area (Å²) in [5.74, 6) is -4.51. The number of nitrogens with zero attached hydrogens (tertiary/aromatic N) is 1. The Kier molecular flexibility index (Phi) is 4.67. The Balaban J connectivity index is 1.60. The Morgan fingerprint density at radius 2 is 1.72 bits per heavy atom. The second-order valence-corrected chi connectivity index (χ2v) is 9.80. The monoisotopic (exact) mass is 482 g/mol. The number of amides is 4. The van der Waals surface area contributed by atoms with Crippen molar-refractivity contribution in [3.63, 3.8) is 0 Å². The number of primary amides is 1. The molecule has 0 saturated carbocycles. The third-order valence-corrected chi connectivity index (χ3v) is 8.03. The van der Waals surface area contributed by atoms with Crippen LogP contribution >= 0.6 is 0 Å². The zero-order valence-corrected chi connectivity index (χ0v) is 19.4. The normalized spacial score (nSPS) is 27.5. The number of phenolic OH excluding ortho intramolecular Hbond substituents is 1. The summed E-state index contributed by atoms with van der Waals surface area (Å²) in [7, 11) is 0. The summed E-state index contributed by atoms with van der Waals surface area (Å²) in [6.07, 6.45) is 3.54. The van der Waals surface area contributed by atoms with E-state index in [2.05, 4.69) is 0 Å². The molecule has 2 aromatic carbocycles. The zero-order chi connectivity index (χ0) is 25.5. The van der Waals surface area contributed by atoms with E-state index < -0.39 is 41.5 Å². The predicted octanol–water partition coefficient (Wildman–Crippen LogP) is 3.05. The van der Waals surface area contributed by atoms with Gasteiger partial charge in [0.05, 0.1) is 11.8 Å². The number of likely N-dealkylation sites (tertiary alicyclic amines) is 1. The Morgan fingerprint density at radius 3 is 2.44 bits per heavy atom. The molecular formula is C28H22N2O6. The lowest BCUT2D eigenvalue weighted by Crippen LogP contribution is -2.42. The van der Waals surface area contributed by atoms with E-state index in [1.807, 2.05) is 18.2 Å². The molecule has 2 aromatic rings. The number of ketones is 2. The molecule has 4 unspecified atom stereocenters. The molecule has 8 heteroatoms. The minimum Gasteiger partial charge on any atom is -0.507 e. The van der Waals surface area contributed by atoms with Gasteiger partial charge >= 0.3 is 6.03 Å². The number of aromatic hydroxyl groups is 1. The van der Waals surface area contributed by atoms with Gasteiger partial charge in [-0.05, 0) is 48.8 Å². The van der Waals surface area contributed by atoms with Crippen LogP contribution in [0.3, 0.4) is 0 Å². The number of imide groups is 3. The molecule has 1 heterocycles. The summed E-state index contributed by atoms with van der Waals surface area (Å²) < 4.78 is 0. The van der Waals surface area contributed by atoms with E-state index in [1.165, 1.54) is 6.08 Å². The maximum Gasteiger partial charge on any atom is 0.328 e. The third kappa shape index (κ3) is 2.84. The molecule has 4 atom stereocenters. The average Bonchev–Trinajstić information content (AvgIpc) is 3.12. The van der Waals surface area contributed by atoms with E-state index in [1.54, 1.807) is 31.2 Å². The van der Waals surface area contributed by atoms with Gasteiger partial charge in [0.25, 0.3) is 0 Å². The number of carbonyl (C=O) groups excluding carboxylic acids is 5. The fourth-order valence-electron chi connectivity index (χ4n) is 6.49. The summed E-state index contributed by atoms with van der Waals surface area (Å²) in [4.78, 5) is 65.2. The van der Waals surface area contributed by atoms with Crippen LogP contribution in [0.1, 0.15) is 31.2 Å². The molecule has 0 aromatic heterocycles. The number of benzene rings is 2. The summed E-state index contributed by atoms with van der Waals surface area (Å²) in [5.41, 5.74) is 7.89. The van der Waals surface area contributed by atoms with E-state index >= 15 is 0 Å². The van der Waals surface area contributed by atoms with Crippen LogP contribution in [0.4, 0.5) is 4.79 Å².